The first-order valence-electron chi connectivity index (χ1n) is 4.97. The van der Waals surface area contributed by atoms with Crippen LogP contribution in [0.2, 0.25) is 0 Å². The van der Waals surface area contributed by atoms with Gasteiger partial charge in [0.25, 0.3) is 0 Å². The fourth-order valence-electron chi connectivity index (χ4n) is 1.06. The minimum atomic E-state index is 0.304. The molecule has 0 heterocycles. The van der Waals surface area contributed by atoms with Gasteiger partial charge in [0.2, 0.25) is 0 Å². The van der Waals surface area contributed by atoms with Gasteiger partial charge in [-0.1, -0.05) is 20.8 Å². The normalized spacial score (nSPS) is 16.2. The first-order valence-corrected chi connectivity index (χ1v) is 6.13. The van der Waals surface area contributed by atoms with E-state index in [-0.39, 0.29) is 0 Å². The molecule has 2 unspecified atom stereocenters. The van der Waals surface area contributed by atoms with Crippen molar-refractivity contribution in [2.24, 2.45) is 11.8 Å². The summed E-state index contributed by atoms with van der Waals surface area (Å²) in [4.78, 5) is 0. The van der Waals surface area contributed by atoms with Crippen LogP contribution in [0.1, 0.15) is 20.8 Å². The smallest absolute Gasteiger partial charge is 0.0464 e. The summed E-state index contributed by atoms with van der Waals surface area (Å²) >= 11 is 1.92. The summed E-state index contributed by atoms with van der Waals surface area (Å²) in [5, 5.41) is 12.1. The number of hydrogen-bond acceptors (Lipinski definition) is 3. The lowest BCUT2D eigenvalue weighted by molar-refractivity contribution is 0.250. The van der Waals surface area contributed by atoms with Gasteiger partial charge in [-0.25, -0.2) is 0 Å². The molecule has 0 aromatic rings. The Morgan fingerprint density at radius 1 is 1.23 bits per heavy atom. The number of aliphatic hydroxyl groups is 1. The molecule has 0 amide bonds. The standard InChI is InChI=1S/C10H23NOS/c1-8(2)10(11-4)7-13-6-9(3)5-12/h8-12H,5-7H2,1-4H3. The molecule has 0 rings (SSSR count). The summed E-state index contributed by atoms with van der Waals surface area (Å²) < 4.78 is 0. The van der Waals surface area contributed by atoms with Gasteiger partial charge < -0.3 is 10.4 Å². The summed E-state index contributed by atoms with van der Waals surface area (Å²) in [6.45, 7) is 6.85. The van der Waals surface area contributed by atoms with Gasteiger partial charge in [-0.2, -0.15) is 11.8 Å². The topological polar surface area (TPSA) is 32.3 Å². The van der Waals surface area contributed by atoms with E-state index in [1.807, 2.05) is 18.8 Å². The van der Waals surface area contributed by atoms with E-state index in [4.69, 9.17) is 5.11 Å². The van der Waals surface area contributed by atoms with Crippen LogP contribution in [0.3, 0.4) is 0 Å². The van der Waals surface area contributed by atoms with Crippen LogP contribution in [-0.4, -0.2) is 36.3 Å². The van der Waals surface area contributed by atoms with Crippen molar-refractivity contribution in [3.8, 4) is 0 Å². The number of hydrogen-bond donors (Lipinski definition) is 2. The summed E-state index contributed by atoms with van der Waals surface area (Å²) in [5.74, 6) is 3.30. The number of rotatable bonds is 7. The average molecular weight is 205 g/mol. The highest BCUT2D eigenvalue weighted by Crippen LogP contribution is 2.13. The van der Waals surface area contributed by atoms with E-state index in [1.165, 1.54) is 0 Å². The molecule has 0 fully saturated rings. The van der Waals surface area contributed by atoms with Crippen LogP contribution < -0.4 is 5.32 Å². The molecule has 2 nitrogen and oxygen atoms in total. The van der Waals surface area contributed by atoms with Gasteiger partial charge in [-0.3, -0.25) is 0 Å². The first-order chi connectivity index (χ1) is 6.11. The lowest BCUT2D eigenvalue weighted by Gasteiger charge is -2.20. The molecule has 0 aliphatic heterocycles. The van der Waals surface area contributed by atoms with Crippen molar-refractivity contribution in [2.45, 2.75) is 26.8 Å². The van der Waals surface area contributed by atoms with Gasteiger partial charge in [0.1, 0.15) is 0 Å². The number of nitrogens with one attached hydrogen (secondary N) is 1. The van der Waals surface area contributed by atoms with Crippen molar-refractivity contribution in [1.82, 2.24) is 5.32 Å². The maximum Gasteiger partial charge on any atom is 0.0464 e. The Morgan fingerprint density at radius 2 is 1.85 bits per heavy atom. The summed E-state index contributed by atoms with van der Waals surface area (Å²) in [6, 6.07) is 0.593. The third-order valence-electron chi connectivity index (χ3n) is 2.19. The molecule has 2 atom stereocenters. The van der Waals surface area contributed by atoms with Crippen molar-refractivity contribution < 1.29 is 5.11 Å². The Kier molecular flexibility index (Phi) is 7.81. The van der Waals surface area contributed by atoms with Gasteiger partial charge in [-0.05, 0) is 24.6 Å². The monoisotopic (exact) mass is 205 g/mol. The van der Waals surface area contributed by atoms with Crippen LogP contribution in [-0.2, 0) is 0 Å². The number of thioether (sulfide) groups is 1. The molecule has 0 aromatic heterocycles. The van der Waals surface area contributed by atoms with Gasteiger partial charge in [0.15, 0.2) is 0 Å². The fraction of sp³-hybridized carbons (Fsp3) is 1.00. The van der Waals surface area contributed by atoms with E-state index < -0.39 is 0 Å². The largest absolute Gasteiger partial charge is 0.396 e. The molecule has 0 aromatic carbocycles. The average Bonchev–Trinajstić information content (AvgIpc) is 2.11. The molecule has 0 radical (unpaired) electrons. The van der Waals surface area contributed by atoms with Crippen LogP contribution in [0.5, 0.6) is 0 Å². The molecular formula is C10H23NOS. The molecular weight excluding hydrogens is 182 g/mol. The van der Waals surface area contributed by atoms with Crippen molar-refractivity contribution in [2.75, 3.05) is 25.2 Å². The minimum absolute atomic E-state index is 0.304. The highest BCUT2D eigenvalue weighted by atomic mass is 32.2. The molecule has 13 heavy (non-hydrogen) atoms. The zero-order chi connectivity index (χ0) is 10.3. The van der Waals surface area contributed by atoms with E-state index in [9.17, 15) is 0 Å². The Labute approximate surface area is 86.5 Å². The Balaban J connectivity index is 3.49. The predicted molar refractivity (Wildman–Crippen MR) is 61.3 cm³/mol. The predicted octanol–water partition coefficient (Wildman–Crippen LogP) is 1.59. The molecule has 0 aliphatic carbocycles. The van der Waals surface area contributed by atoms with Gasteiger partial charge in [0.05, 0.1) is 0 Å². The third kappa shape index (κ3) is 6.36. The fourth-order valence-corrected chi connectivity index (χ4v) is 2.51. The summed E-state index contributed by atoms with van der Waals surface area (Å²) in [6.07, 6.45) is 0. The van der Waals surface area contributed by atoms with E-state index in [1.54, 1.807) is 0 Å². The second-order valence-electron chi connectivity index (χ2n) is 3.96. The summed E-state index contributed by atoms with van der Waals surface area (Å²) in [7, 11) is 2.01. The zero-order valence-corrected chi connectivity index (χ0v) is 10.0. The minimum Gasteiger partial charge on any atom is -0.396 e. The quantitative estimate of drug-likeness (QED) is 0.662. The third-order valence-corrected chi connectivity index (χ3v) is 3.59. The van der Waals surface area contributed by atoms with Gasteiger partial charge in [-0.15, -0.1) is 0 Å². The molecule has 3 heteroatoms. The lowest BCUT2D eigenvalue weighted by Crippen LogP contribution is -2.33. The Morgan fingerprint density at radius 3 is 2.23 bits per heavy atom. The van der Waals surface area contributed by atoms with Gasteiger partial charge >= 0.3 is 0 Å². The highest BCUT2D eigenvalue weighted by molar-refractivity contribution is 7.99. The molecule has 0 aliphatic rings. The molecule has 80 valence electrons. The van der Waals surface area contributed by atoms with Crippen LogP contribution in [0.4, 0.5) is 0 Å². The second kappa shape index (κ2) is 7.65. The number of aliphatic hydroxyl groups excluding tert-OH is 1. The molecule has 0 saturated heterocycles. The maximum absolute atomic E-state index is 8.84. The van der Waals surface area contributed by atoms with E-state index in [0.29, 0.717) is 24.5 Å². The van der Waals surface area contributed by atoms with Crippen LogP contribution in [0.15, 0.2) is 0 Å². The van der Waals surface area contributed by atoms with Crippen LogP contribution in [0, 0.1) is 11.8 Å². The second-order valence-corrected chi connectivity index (χ2v) is 5.04. The van der Waals surface area contributed by atoms with E-state index in [0.717, 1.165) is 11.5 Å². The molecule has 0 saturated carbocycles. The van der Waals surface area contributed by atoms with Crippen LogP contribution >= 0.6 is 11.8 Å². The molecule has 2 N–H and O–H groups in total. The van der Waals surface area contributed by atoms with Gasteiger partial charge in [0, 0.05) is 18.4 Å². The van der Waals surface area contributed by atoms with E-state index >= 15 is 0 Å². The van der Waals surface area contributed by atoms with Crippen molar-refractivity contribution in [3.63, 3.8) is 0 Å². The Hall–Kier alpha value is 0.270. The lowest BCUT2D eigenvalue weighted by atomic mass is 10.1. The van der Waals surface area contributed by atoms with Crippen molar-refractivity contribution in [1.29, 1.82) is 0 Å². The zero-order valence-electron chi connectivity index (χ0n) is 9.21. The maximum atomic E-state index is 8.84. The Bertz CT molecular complexity index is 119. The molecule has 0 bridgehead atoms. The first kappa shape index (κ1) is 13.3. The van der Waals surface area contributed by atoms with Crippen molar-refractivity contribution in [3.05, 3.63) is 0 Å². The molecule has 0 spiro atoms. The van der Waals surface area contributed by atoms with E-state index in [2.05, 4.69) is 26.1 Å². The van der Waals surface area contributed by atoms with Crippen molar-refractivity contribution >= 4 is 11.8 Å². The SMILES string of the molecule is CNC(CSCC(C)CO)C(C)C. The highest BCUT2D eigenvalue weighted by Gasteiger charge is 2.10. The van der Waals surface area contributed by atoms with Crippen LogP contribution in [0.25, 0.3) is 0 Å². The summed E-state index contributed by atoms with van der Waals surface area (Å²) in [5.41, 5.74) is 0.